The van der Waals surface area contributed by atoms with E-state index in [-0.39, 0.29) is 12.5 Å². The predicted octanol–water partition coefficient (Wildman–Crippen LogP) is 2.36. The number of rotatable bonds is 4. The molecule has 6 heteroatoms. The summed E-state index contributed by atoms with van der Waals surface area (Å²) in [5, 5.41) is 5.73. The van der Waals surface area contributed by atoms with E-state index < -0.39 is 0 Å². The van der Waals surface area contributed by atoms with Crippen LogP contribution >= 0.6 is 11.3 Å². The van der Waals surface area contributed by atoms with Gasteiger partial charge in [-0.15, -0.1) is 11.3 Å². The number of nitrogens with zero attached hydrogens (tertiary/aromatic N) is 2. The topological polar surface area (TPSA) is 67.9 Å². The minimum absolute atomic E-state index is 0.102. The van der Waals surface area contributed by atoms with Gasteiger partial charge in [-0.2, -0.15) is 0 Å². The third kappa shape index (κ3) is 3.12. The first kappa shape index (κ1) is 14.6. The second-order valence-electron chi connectivity index (χ2n) is 5.00. The standard InChI is InChI=1S/C16H17N3O2S/c17-16(14-8-4-10-22-14)18-21-11-15(20)19-9-3-6-12-5-1-2-7-13(12)19/h1-2,4-5,7-8,10H,3,6,9,11H2,(H2,17,18). The van der Waals surface area contributed by atoms with Gasteiger partial charge in [0.2, 0.25) is 0 Å². The van der Waals surface area contributed by atoms with Gasteiger partial charge in [0.15, 0.2) is 12.4 Å². The van der Waals surface area contributed by atoms with Crippen LogP contribution in [-0.2, 0) is 16.1 Å². The lowest BCUT2D eigenvalue weighted by Gasteiger charge is -2.28. The maximum absolute atomic E-state index is 12.3. The normalized spacial score (nSPS) is 14.5. The number of carbonyl (C=O) groups excluding carboxylic acids is 1. The lowest BCUT2D eigenvalue weighted by Crippen LogP contribution is -2.37. The number of nitrogens with two attached hydrogens (primary N) is 1. The van der Waals surface area contributed by atoms with E-state index in [9.17, 15) is 4.79 Å². The molecule has 0 spiro atoms. The van der Waals surface area contributed by atoms with Crippen molar-refractivity contribution in [1.29, 1.82) is 0 Å². The Kier molecular flexibility index (Phi) is 4.39. The van der Waals surface area contributed by atoms with Crippen LogP contribution in [0.15, 0.2) is 46.9 Å². The minimum atomic E-state index is -0.111. The van der Waals surface area contributed by atoms with E-state index in [1.807, 2.05) is 35.7 Å². The zero-order valence-electron chi connectivity index (χ0n) is 12.1. The van der Waals surface area contributed by atoms with E-state index in [1.165, 1.54) is 16.9 Å². The summed E-state index contributed by atoms with van der Waals surface area (Å²) in [5.74, 6) is 0.191. The molecule has 5 nitrogen and oxygen atoms in total. The summed E-state index contributed by atoms with van der Waals surface area (Å²) < 4.78 is 0. The van der Waals surface area contributed by atoms with Gasteiger partial charge < -0.3 is 15.5 Å². The molecule has 0 bridgehead atoms. The van der Waals surface area contributed by atoms with E-state index >= 15 is 0 Å². The molecular formula is C16H17N3O2S. The van der Waals surface area contributed by atoms with Crippen molar-refractivity contribution < 1.29 is 9.63 Å². The molecule has 1 aromatic heterocycles. The molecule has 0 saturated carbocycles. The molecule has 0 unspecified atom stereocenters. The van der Waals surface area contributed by atoms with E-state index in [2.05, 4.69) is 11.2 Å². The number of hydrogen-bond acceptors (Lipinski definition) is 4. The second-order valence-corrected chi connectivity index (χ2v) is 5.95. The smallest absolute Gasteiger partial charge is 0.267 e. The van der Waals surface area contributed by atoms with Gasteiger partial charge in [0.05, 0.1) is 4.88 Å². The molecule has 2 aromatic rings. The van der Waals surface area contributed by atoms with Crippen LogP contribution in [0.25, 0.3) is 0 Å². The van der Waals surface area contributed by atoms with E-state index in [0.29, 0.717) is 12.4 Å². The number of aryl methyl sites for hydroxylation is 1. The summed E-state index contributed by atoms with van der Waals surface area (Å²) >= 11 is 1.48. The molecule has 0 radical (unpaired) electrons. The average Bonchev–Trinajstić information content (AvgIpc) is 3.08. The summed E-state index contributed by atoms with van der Waals surface area (Å²) in [4.78, 5) is 20.0. The van der Waals surface area contributed by atoms with Crippen LogP contribution in [-0.4, -0.2) is 24.9 Å². The van der Waals surface area contributed by atoms with Crippen LogP contribution in [0, 0.1) is 0 Å². The van der Waals surface area contributed by atoms with Crippen molar-refractivity contribution in [2.75, 3.05) is 18.1 Å². The Bertz CT molecular complexity index is 682. The van der Waals surface area contributed by atoms with Gasteiger partial charge in [0, 0.05) is 12.2 Å². The van der Waals surface area contributed by atoms with Crippen molar-refractivity contribution in [3.05, 3.63) is 52.2 Å². The van der Waals surface area contributed by atoms with Gasteiger partial charge in [0.1, 0.15) is 0 Å². The number of anilines is 1. The first-order valence-electron chi connectivity index (χ1n) is 7.13. The first-order valence-corrected chi connectivity index (χ1v) is 8.01. The molecule has 22 heavy (non-hydrogen) atoms. The summed E-state index contributed by atoms with van der Waals surface area (Å²) in [6.07, 6.45) is 1.97. The van der Waals surface area contributed by atoms with Crippen LogP contribution in [0.3, 0.4) is 0 Å². The van der Waals surface area contributed by atoms with Crippen LogP contribution in [0.4, 0.5) is 5.69 Å². The summed E-state index contributed by atoms with van der Waals surface area (Å²) in [7, 11) is 0. The molecule has 2 heterocycles. The monoisotopic (exact) mass is 315 g/mol. The van der Waals surface area contributed by atoms with E-state index in [4.69, 9.17) is 10.6 Å². The highest BCUT2D eigenvalue weighted by Gasteiger charge is 2.22. The lowest BCUT2D eigenvalue weighted by molar-refractivity contribution is -0.123. The molecule has 1 aliphatic rings. The SMILES string of the molecule is N/C(=N/OCC(=O)N1CCCc2ccccc21)c1cccs1. The van der Waals surface area contributed by atoms with E-state index in [1.54, 1.807) is 4.90 Å². The number of fused-ring (bicyclic) bond motifs is 1. The van der Waals surface area contributed by atoms with Gasteiger partial charge in [-0.3, -0.25) is 4.79 Å². The fraction of sp³-hybridized carbons (Fsp3) is 0.250. The Morgan fingerprint density at radius 1 is 1.32 bits per heavy atom. The van der Waals surface area contributed by atoms with Gasteiger partial charge in [-0.25, -0.2) is 0 Å². The lowest BCUT2D eigenvalue weighted by atomic mass is 10.0. The highest BCUT2D eigenvalue weighted by atomic mass is 32.1. The molecule has 1 amide bonds. The van der Waals surface area contributed by atoms with Crippen molar-refractivity contribution in [2.45, 2.75) is 12.8 Å². The Labute approximate surface area is 133 Å². The van der Waals surface area contributed by atoms with Crippen LogP contribution in [0.5, 0.6) is 0 Å². The molecule has 1 aliphatic heterocycles. The number of thiophene rings is 1. The van der Waals surface area contributed by atoms with Gasteiger partial charge in [-0.1, -0.05) is 29.4 Å². The zero-order valence-corrected chi connectivity index (χ0v) is 12.9. The number of oxime groups is 1. The molecule has 3 rings (SSSR count). The number of benzene rings is 1. The van der Waals surface area contributed by atoms with Crippen LogP contribution in [0.1, 0.15) is 16.9 Å². The molecular weight excluding hydrogens is 298 g/mol. The fourth-order valence-electron chi connectivity index (χ4n) is 2.50. The van der Waals surface area contributed by atoms with Gasteiger partial charge in [0.25, 0.3) is 5.91 Å². The third-order valence-corrected chi connectivity index (χ3v) is 4.43. The second kappa shape index (κ2) is 6.62. The van der Waals surface area contributed by atoms with Crippen molar-refractivity contribution in [1.82, 2.24) is 0 Å². The molecule has 0 fully saturated rings. The van der Waals surface area contributed by atoms with Crippen molar-refractivity contribution in [2.24, 2.45) is 10.9 Å². The largest absolute Gasteiger partial charge is 0.384 e. The molecule has 1 aromatic carbocycles. The number of carbonyl (C=O) groups is 1. The summed E-state index contributed by atoms with van der Waals surface area (Å²) in [6, 6.07) is 11.7. The molecule has 114 valence electrons. The molecule has 0 saturated heterocycles. The van der Waals surface area contributed by atoms with Gasteiger partial charge >= 0.3 is 0 Å². The molecule has 0 atom stereocenters. The molecule has 0 aliphatic carbocycles. The quantitative estimate of drug-likeness (QED) is 0.535. The van der Waals surface area contributed by atoms with Crippen molar-refractivity contribution in [3.63, 3.8) is 0 Å². The molecule has 2 N–H and O–H groups in total. The van der Waals surface area contributed by atoms with Crippen LogP contribution in [0.2, 0.25) is 0 Å². The Morgan fingerprint density at radius 2 is 2.18 bits per heavy atom. The maximum Gasteiger partial charge on any atom is 0.267 e. The van der Waals surface area contributed by atoms with Crippen LogP contribution < -0.4 is 10.6 Å². The number of para-hydroxylation sites is 1. The number of hydrogen-bond donors (Lipinski definition) is 1. The third-order valence-electron chi connectivity index (χ3n) is 3.54. The zero-order chi connectivity index (χ0) is 15.4. The highest BCUT2D eigenvalue weighted by molar-refractivity contribution is 7.12. The maximum atomic E-state index is 12.3. The first-order chi connectivity index (χ1) is 10.8. The van der Waals surface area contributed by atoms with Crippen molar-refractivity contribution >= 4 is 28.8 Å². The average molecular weight is 315 g/mol. The predicted molar refractivity (Wildman–Crippen MR) is 88.1 cm³/mol. The number of amidine groups is 1. The Hall–Kier alpha value is -2.34. The summed E-state index contributed by atoms with van der Waals surface area (Å²) in [5.41, 5.74) is 7.96. The Morgan fingerprint density at radius 3 is 3.00 bits per heavy atom. The highest BCUT2D eigenvalue weighted by Crippen LogP contribution is 2.26. The fourth-order valence-corrected chi connectivity index (χ4v) is 3.12. The minimum Gasteiger partial charge on any atom is -0.384 e. The van der Waals surface area contributed by atoms with E-state index in [0.717, 1.165) is 23.4 Å². The van der Waals surface area contributed by atoms with Gasteiger partial charge in [-0.05, 0) is 35.9 Å². The number of amides is 1. The Balaban J connectivity index is 1.63. The summed E-state index contributed by atoms with van der Waals surface area (Å²) in [6.45, 7) is 0.601. The van der Waals surface area contributed by atoms with Crippen molar-refractivity contribution in [3.8, 4) is 0 Å².